The monoisotopic (exact) mass is 288 g/mol. The molecule has 2 heterocycles. The smallest absolute Gasteiger partial charge is 0.336 e. The van der Waals surface area contributed by atoms with Gasteiger partial charge in [0.15, 0.2) is 0 Å². The highest BCUT2D eigenvalue weighted by Crippen LogP contribution is 2.21. The molecule has 2 aromatic rings. The van der Waals surface area contributed by atoms with Gasteiger partial charge in [-0.15, -0.1) is 0 Å². The number of nitrogens with zero attached hydrogens (tertiary/aromatic N) is 2. The summed E-state index contributed by atoms with van der Waals surface area (Å²) in [5, 5.41) is 10.0. The number of benzene rings is 1. The molecule has 5 nitrogen and oxygen atoms in total. The van der Waals surface area contributed by atoms with E-state index >= 15 is 0 Å². The molecule has 0 aliphatic carbocycles. The Kier molecular flexibility index (Phi) is 3.94. The van der Waals surface area contributed by atoms with E-state index in [1.165, 1.54) is 0 Å². The molecule has 0 saturated carbocycles. The fourth-order valence-corrected chi connectivity index (χ4v) is 2.97. The molecule has 1 aliphatic heterocycles. The molecule has 5 heteroatoms. The number of ether oxygens (including phenoxy) is 1. The molecule has 1 fully saturated rings. The maximum absolute atomic E-state index is 11.3. The first-order valence-electron chi connectivity index (χ1n) is 7.34. The minimum absolute atomic E-state index is 0.155. The lowest BCUT2D eigenvalue weighted by molar-refractivity contribution is -0.0337. The molecule has 0 radical (unpaired) electrons. The Morgan fingerprint density at radius 1 is 1.43 bits per heavy atom. The number of hydrogen-bond acceptors (Lipinski definition) is 3. The molecule has 1 unspecified atom stereocenters. The number of carboxylic acid groups (broad SMARTS) is 1. The molecule has 1 aromatic heterocycles. The van der Waals surface area contributed by atoms with Crippen LogP contribution in [0.1, 0.15) is 17.3 Å². The van der Waals surface area contributed by atoms with Gasteiger partial charge in [0.25, 0.3) is 0 Å². The van der Waals surface area contributed by atoms with Gasteiger partial charge in [-0.05, 0) is 24.7 Å². The van der Waals surface area contributed by atoms with Crippen molar-refractivity contribution in [1.82, 2.24) is 9.47 Å². The van der Waals surface area contributed by atoms with E-state index in [2.05, 4.69) is 16.4 Å². The number of carbonyl (C=O) groups is 1. The quantitative estimate of drug-likeness (QED) is 0.935. The zero-order valence-electron chi connectivity index (χ0n) is 12.2. The van der Waals surface area contributed by atoms with Gasteiger partial charge in [0, 0.05) is 30.2 Å². The number of aromatic nitrogens is 1. The summed E-state index contributed by atoms with van der Waals surface area (Å²) >= 11 is 0. The second-order valence-electron chi connectivity index (χ2n) is 5.40. The third kappa shape index (κ3) is 2.80. The van der Waals surface area contributed by atoms with Crippen molar-refractivity contribution in [3.63, 3.8) is 0 Å². The van der Waals surface area contributed by atoms with Gasteiger partial charge < -0.3 is 14.4 Å². The number of fused-ring (bicyclic) bond motifs is 1. The SMILES string of the molecule is CCN1CCOC(Cn2ccc3c(C(=O)O)cccc32)C1. The van der Waals surface area contributed by atoms with Gasteiger partial charge in [-0.1, -0.05) is 13.0 Å². The van der Waals surface area contributed by atoms with E-state index < -0.39 is 5.97 Å². The van der Waals surface area contributed by atoms with Gasteiger partial charge in [-0.25, -0.2) is 4.79 Å². The van der Waals surface area contributed by atoms with Crippen LogP contribution in [0.15, 0.2) is 30.5 Å². The second-order valence-corrected chi connectivity index (χ2v) is 5.40. The van der Waals surface area contributed by atoms with Crippen molar-refractivity contribution < 1.29 is 14.6 Å². The highest BCUT2D eigenvalue weighted by molar-refractivity contribution is 6.02. The predicted molar refractivity (Wildman–Crippen MR) is 80.8 cm³/mol. The van der Waals surface area contributed by atoms with Crippen molar-refractivity contribution in [2.75, 3.05) is 26.2 Å². The second kappa shape index (κ2) is 5.87. The van der Waals surface area contributed by atoms with Gasteiger partial charge in [0.2, 0.25) is 0 Å². The minimum Gasteiger partial charge on any atom is -0.478 e. The van der Waals surface area contributed by atoms with E-state index in [4.69, 9.17) is 4.74 Å². The van der Waals surface area contributed by atoms with Gasteiger partial charge in [0.05, 0.1) is 24.8 Å². The molecule has 21 heavy (non-hydrogen) atoms. The lowest BCUT2D eigenvalue weighted by atomic mass is 10.1. The maximum Gasteiger partial charge on any atom is 0.336 e. The summed E-state index contributed by atoms with van der Waals surface area (Å²) in [4.78, 5) is 13.6. The Morgan fingerprint density at radius 3 is 3.05 bits per heavy atom. The minimum atomic E-state index is -0.885. The first-order chi connectivity index (χ1) is 10.2. The third-order valence-electron chi connectivity index (χ3n) is 4.11. The average Bonchev–Trinajstić information content (AvgIpc) is 2.90. The number of carboxylic acids is 1. The Balaban J connectivity index is 1.85. The summed E-state index contributed by atoms with van der Waals surface area (Å²) in [6.07, 6.45) is 2.11. The van der Waals surface area contributed by atoms with Crippen LogP contribution in [0.25, 0.3) is 10.9 Å². The normalized spacial score (nSPS) is 20.0. The van der Waals surface area contributed by atoms with Crippen LogP contribution < -0.4 is 0 Å². The molecule has 1 aliphatic rings. The van der Waals surface area contributed by atoms with Crippen molar-refractivity contribution in [1.29, 1.82) is 0 Å². The number of morpholine rings is 1. The molecule has 1 atom stereocenters. The highest BCUT2D eigenvalue weighted by Gasteiger charge is 2.20. The van der Waals surface area contributed by atoms with Crippen molar-refractivity contribution >= 4 is 16.9 Å². The van der Waals surface area contributed by atoms with Gasteiger partial charge >= 0.3 is 5.97 Å². The summed E-state index contributed by atoms with van der Waals surface area (Å²) in [6, 6.07) is 7.27. The van der Waals surface area contributed by atoms with E-state index in [9.17, 15) is 9.90 Å². The number of hydrogen-bond donors (Lipinski definition) is 1. The Hall–Kier alpha value is -1.85. The van der Waals surface area contributed by atoms with Crippen LogP contribution in [0.3, 0.4) is 0 Å². The molecular weight excluding hydrogens is 268 g/mol. The molecule has 1 N–H and O–H groups in total. The molecular formula is C16H20N2O3. The molecule has 0 amide bonds. The molecule has 1 saturated heterocycles. The van der Waals surface area contributed by atoms with Crippen molar-refractivity contribution in [3.8, 4) is 0 Å². The van der Waals surface area contributed by atoms with Crippen LogP contribution in [0.2, 0.25) is 0 Å². The summed E-state index contributed by atoms with van der Waals surface area (Å²) in [5.41, 5.74) is 1.30. The van der Waals surface area contributed by atoms with Gasteiger partial charge in [-0.3, -0.25) is 4.90 Å². The first kappa shape index (κ1) is 14.1. The van der Waals surface area contributed by atoms with Crippen molar-refractivity contribution in [2.24, 2.45) is 0 Å². The average molecular weight is 288 g/mol. The fraction of sp³-hybridized carbons (Fsp3) is 0.438. The molecule has 3 rings (SSSR count). The van der Waals surface area contributed by atoms with Crippen LogP contribution in [-0.2, 0) is 11.3 Å². The summed E-state index contributed by atoms with van der Waals surface area (Å²) in [6.45, 7) is 6.63. The maximum atomic E-state index is 11.3. The van der Waals surface area contributed by atoms with E-state index in [-0.39, 0.29) is 6.10 Å². The predicted octanol–water partition coefficient (Wildman–Crippen LogP) is 2.06. The largest absolute Gasteiger partial charge is 0.478 e. The Labute approximate surface area is 123 Å². The number of rotatable bonds is 4. The number of likely N-dealkylation sites (N-methyl/N-ethyl adjacent to an activating group) is 1. The lowest BCUT2D eigenvalue weighted by Crippen LogP contribution is -2.43. The van der Waals surface area contributed by atoms with Crippen LogP contribution >= 0.6 is 0 Å². The molecule has 112 valence electrons. The van der Waals surface area contributed by atoms with Gasteiger partial charge in [0.1, 0.15) is 0 Å². The first-order valence-corrected chi connectivity index (χ1v) is 7.34. The number of aromatic carboxylic acids is 1. The third-order valence-corrected chi connectivity index (χ3v) is 4.11. The zero-order chi connectivity index (χ0) is 14.8. The van der Waals surface area contributed by atoms with Gasteiger partial charge in [-0.2, -0.15) is 0 Å². The molecule has 0 spiro atoms. The van der Waals surface area contributed by atoms with Crippen LogP contribution in [0.5, 0.6) is 0 Å². The van der Waals surface area contributed by atoms with Crippen LogP contribution in [0.4, 0.5) is 0 Å². The van der Waals surface area contributed by atoms with Crippen LogP contribution in [-0.4, -0.2) is 52.9 Å². The summed E-state index contributed by atoms with van der Waals surface area (Å²) in [5.74, 6) is -0.885. The van der Waals surface area contributed by atoms with E-state index in [0.717, 1.165) is 43.7 Å². The Morgan fingerprint density at radius 2 is 2.29 bits per heavy atom. The molecule has 0 bridgehead atoms. The Bertz CT molecular complexity index is 650. The fourth-order valence-electron chi connectivity index (χ4n) is 2.97. The summed E-state index contributed by atoms with van der Waals surface area (Å²) < 4.78 is 7.92. The topological polar surface area (TPSA) is 54.7 Å². The van der Waals surface area contributed by atoms with Crippen molar-refractivity contribution in [3.05, 3.63) is 36.0 Å². The lowest BCUT2D eigenvalue weighted by Gasteiger charge is -2.32. The highest BCUT2D eigenvalue weighted by atomic mass is 16.5. The van der Waals surface area contributed by atoms with E-state index in [0.29, 0.717) is 5.56 Å². The summed E-state index contributed by atoms with van der Waals surface area (Å²) in [7, 11) is 0. The van der Waals surface area contributed by atoms with Crippen LogP contribution in [0, 0.1) is 0 Å². The van der Waals surface area contributed by atoms with E-state index in [1.807, 2.05) is 18.3 Å². The zero-order valence-corrected chi connectivity index (χ0v) is 12.2. The van der Waals surface area contributed by atoms with Crippen molar-refractivity contribution in [2.45, 2.75) is 19.6 Å². The van der Waals surface area contributed by atoms with E-state index in [1.54, 1.807) is 12.1 Å². The molecule has 1 aromatic carbocycles. The standard InChI is InChI=1S/C16H20N2O3/c1-2-17-8-9-21-12(10-17)11-18-7-6-13-14(16(19)20)4-3-5-15(13)18/h3-7,12H,2,8-11H2,1H3,(H,19,20).